The first-order valence-corrected chi connectivity index (χ1v) is 9.60. The van der Waals surface area contributed by atoms with Crippen LogP contribution in [0.2, 0.25) is 0 Å². The molecule has 3 aromatic rings. The maximum Gasteiger partial charge on any atom is 0.185 e. The third-order valence-electron chi connectivity index (χ3n) is 5.21. The lowest BCUT2D eigenvalue weighted by molar-refractivity contribution is -0.113. The van der Waals surface area contributed by atoms with E-state index in [0.29, 0.717) is 24.0 Å². The highest BCUT2D eigenvalue weighted by Gasteiger charge is 2.28. The summed E-state index contributed by atoms with van der Waals surface area (Å²) in [4.78, 5) is 13.2. The van der Waals surface area contributed by atoms with E-state index in [2.05, 4.69) is 12.1 Å². The Hall–Kier alpha value is -3.33. The van der Waals surface area contributed by atoms with Gasteiger partial charge in [0.05, 0.1) is 0 Å². The molecule has 0 amide bonds. The third-order valence-corrected chi connectivity index (χ3v) is 5.21. The summed E-state index contributed by atoms with van der Waals surface area (Å²) in [7, 11) is 0. The van der Waals surface area contributed by atoms with Gasteiger partial charge in [0.15, 0.2) is 5.78 Å². The summed E-state index contributed by atoms with van der Waals surface area (Å²) in [6.07, 6.45) is 4.94. The van der Waals surface area contributed by atoms with Crippen LogP contribution in [0.25, 0.3) is 12.2 Å². The van der Waals surface area contributed by atoms with Gasteiger partial charge in [-0.05, 0) is 71.9 Å². The number of hydrogen-bond acceptors (Lipinski definition) is 1. The van der Waals surface area contributed by atoms with Gasteiger partial charge in [-0.2, -0.15) is 0 Å². The monoisotopic (exact) mass is 386 g/mol. The van der Waals surface area contributed by atoms with E-state index < -0.39 is 0 Å². The minimum absolute atomic E-state index is 0.00849. The lowest BCUT2D eigenvalue weighted by Crippen LogP contribution is -2.19. The van der Waals surface area contributed by atoms with Crippen molar-refractivity contribution in [3.63, 3.8) is 0 Å². The van der Waals surface area contributed by atoms with Gasteiger partial charge in [-0.15, -0.1) is 0 Å². The van der Waals surface area contributed by atoms with Gasteiger partial charge in [-0.1, -0.05) is 54.6 Å². The van der Waals surface area contributed by atoms with Crippen LogP contribution in [0.5, 0.6) is 0 Å². The molecule has 0 aromatic heterocycles. The number of halogens is 2. The van der Waals surface area contributed by atoms with Crippen molar-refractivity contribution in [2.24, 2.45) is 0 Å². The molecule has 1 saturated carbocycles. The zero-order chi connectivity index (χ0) is 20.2. The van der Waals surface area contributed by atoms with Crippen LogP contribution >= 0.6 is 0 Å². The first-order chi connectivity index (χ1) is 14.1. The Morgan fingerprint density at radius 2 is 1.10 bits per heavy atom. The van der Waals surface area contributed by atoms with Crippen LogP contribution in [0, 0.1) is 11.6 Å². The van der Waals surface area contributed by atoms with Gasteiger partial charge < -0.3 is 0 Å². The second-order valence-corrected chi connectivity index (χ2v) is 7.29. The standard InChI is InChI=1S/C26H20F2O/c27-24-10-6-18(7-11-24)14-22-16-21(20-4-2-1-3-5-20)17-23(26(22)29)15-19-8-12-25(28)13-9-19/h1-15,21H,16-17H2/b22-14+,23-15+. The Balaban J connectivity index is 1.73. The minimum atomic E-state index is -0.304. The first-order valence-electron chi connectivity index (χ1n) is 9.60. The Kier molecular flexibility index (Phi) is 5.48. The molecule has 0 atom stereocenters. The van der Waals surface area contributed by atoms with E-state index in [0.717, 1.165) is 11.1 Å². The quantitative estimate of drug-likeness (QED) is 0.465. The van der Waals surface area contributed by atoms with Crippen LogP contribution in [0.1, 0.15) is 35.4 Å². The van der Waals surface area contributed by atoms with Crippen molar-refractivity contribution in [1.82, 2.24) is 0 Å². The molecule has 3 aromatic carbocycles. The van der Waals surface area contributed by atoms with Crippen LogP contribution in [0.15, 0.2) is 90.0 Å². The molecule has 4 rings (SSSR count). The molecule has 1 aliphatic carbocycles. The molecule has 0 N–H and O–H groups in total. The van der Waals surface area contributed by atoms with Gasteiger partial charge in [0.1, 0.15) is 11.6 Å². The topological polar surface area (TPSA) is 17.1 Å². The molecule has 29 heavy (non-hydrogen) atoms. The van der Waals surface area contributed by atoms with Crippen LogP contribution in [0.3, 0.4) is 0 Å². The van der Waals surface area contributed by atoms with Gasteiger partial charge in [0, 0.05) is 11.1 Å². The highest BCUT2D eigenvalue weighted by atomic mass is 19.1. The molecule has 0 bridgehead atoms. The Labute approximate surface area is 169 Å². The number of rotatable bonds is 3. The zero-order valence-corrected chi connectivity index (χ0v) is 15.8. The van der Waals surface area contributed by atoms with E-state index >= 15 is 0 Å². The van der Waals surface area contributed by atoms with Gasteiger partial charge >= 0.3 is 0 Å². The maximum absolute atomic E-state index is 13.2. The average Bonchev–Trinajstić information content (AvgIpc) is 2.74. The third kappa shape index (κ3) is 4.57. The van der Waals surface area contributed by atoms with Crippen molar-refractivity contribution in [3.05, 3.63) is 118 Å². The lowest BCUT2D eigenvalue weighted by atomic mass is 9.77. The van der Waals surface area contributed by atoms with Gasteiger partial charge in [0.25, 0.3) is 0 Å². The SMILES string of the molecule is O=C1/C(=C/c2ccc(F)cc2)CC(c2ccccc2)C/C1=C\c1ccc(F)cc1. The molecule has 1 fully saturated rings. The number of allylic oxidation sites excluding steroid dienone is 2. The van der Waals surface area contributed by atoms with E-state index in [-0.39, 0.29) is 23.3 Å². The molecule has 0 unspecified atom stereocenters. The molecule has 1 nitrogen and oxygen atoms in total. The van der Waals surface area contributed by atoms with Crippen LogP contribution in [-0.2, 0) is 4.79 Å². The molecule has 144 valence electrons. The van der Waals surface area contributed by atoms with Crippen molar-refractivity contribution >= 4 is 17.9 Å². The Morgan fingerprint density at radius 3 is 1.55 bits per heavy atom. The number of benzene rings is 3. The zero-order valence-electron chi connectivity index (χ0n) is 15.8. The van der Waals surface area contributed by atoms with Gasteiger partial charge in [-0.3, -0.25) is 4.79 Å². The molecule has 3 heteroatoms. The van der Waals surface area contributed by atoms with Crippen molar-refractivity contribution in [2.45, 2.75) is 18.8 Å². The van der Waals surface area contributed by atoms with E-state index in [9.17, 15) is 13.6 Å². The van der Waals surface area contributed by atoms with Crippen LogP contribution < -0.4 is 0 Å². The largest absolute Gasteiger partial charge is 0.289 e. The lowest BCUT2D eigenvalue weighted by Gasteiger charge is -2.26. The van der Waals surface area contributed by atoms with Crippen molar-refractivity contribution in [2.75, 3.05) is 0 Å². The van der Waals surface area contributed by atoms with Gasteiger partial charge in [0.2, 0.25) is 0 Å². The molecular weight excluding hydrogens is 366 g/mol. The summed E-state index contributed by atoms with van der Waals surface area (Å²) >= 11 is 0. The Morgan fingerprint density at radius 1 is 0.655 bits per heavy atom. The summed E-state index contributed by atoms with van der Waals surface area (Å²) in [5, 5.41) is 0. The summed E-state index contributed by atoms with van der Waals surface area (Å²) < 4.78 is 26.5. The smallest absolute Gasteiger partial charge is 0.185 e. The van der Waals surface area contributed by atoms with E-state index in [1.54, 1.807) is 24.3 Å². The predicted molar refractivity (Wildman–Crippen MR) is 112 cm³/mol. The second-order valence-electron chi connectivity index (χ2n) is 7.29. The molecule has 0 heterocycles. The Bertz CT molecular complexity index is 994. The fourth-order valence-electron chi connectivity index (χ4n) is 3.72. The predicted octanol–water partition coefficient (Wildman–Crippen LogP) is 6.58. The number of Topliss-reactive ketones (excluding diaryl/α,β-unsaturated/α-hetero) is 1. The normalized spacial score (nSPS) is 19.7. The number of ketones is 1. The highest BCUT2D eigenvalue weighted by Crippen LogP contribution is 2.38. The fourth-order valence-corrected chi connectivity index (χ4v) is 3.72. The number of carbonyl (C=O) groups excluding carboxylic acids is 1. The van der Waals surface area contributed by atoms with Crippen LogP contribution in [0.4, 0.5) is 8.78 Å². The second kappa shape index (κ2) is 8.36. The van der Waals surface area contributed by atoms with Crippen molar-refractivity contribution in [1.29, 1.82) is 0 Å². The van der Waals surface area contributed by atoms with Crippen LogP contribution in [-0.4, -0.2) is 5.78 Å². The first kappa shape index (κ1) is 19.0. The molecule has 0 saturated heterocycles. The molecule has 1 aliphatic rings. The van der Waals surface area contributed by atoms with Crippen molar-refractivity contribution < 1.29 is 13.6 Å². The number of hydrogen-bond donors (Lipinski definition) is 0. The van der Waals surface area contributed by atoms with E-state index in [4.69, 9.17) is 0 Å². The number of carbonyl (C=O) groups is 1. The highest BCUT2D eigenvalue weighted by molar-refractivity contribution is 6.14. The minimum Gasteiger partial charge on any atom is -0.289 e. The summed E-state index contributed by atoms with van der Waals surface area (Å²) in [6.45, 7) is 0. The fraction of sp³-hybridized carbons (Fsp3) is 0.115. The van der Waals surface area contributed by atoms with Crippen molar-refractivity contribution in [3.8, 4) is 0 Å². The average molecular weight is 386 g/mol. The molecule has 0 aliphatic heterocycles. The summed E-state index contributed by atoms with van der Waals surface area (Å²) in [5.74, 6) is -0.444. The van der Waals surface area contributed by atoms with E-state index in [1.807, 2.05) is 30.4 Å². The molecular formula is C26H20F2O. The van der Waals surface area contributed by atoms with E-state index in [1.165, 1.54) is 29.8 Å². The molecule has 0 radical (unpaired) electrons. The summed E-state index contributed by atoms with van der Waals surface area (Å²) in [6, 6.07) is 22.4. The summed E-state index contributed by atoms with van der Waals surface area (Å²) in [5.41, 5.74) is 4.17. The maximum atomic E-state index is 13.2. The van der Waals surface area contributed by atoms with Gasteiger partial charge in [-0.25, -0.2) is 8.78 Å². The molecule has 0 spiro atoms.